The van der Waals surface area contributed by atoms with E-state index in [2.05, 4.69) is 43.2 Å². The molecular formula is C13H25N5OS. The number of hydrogen-bond donors (Lipinski definition) is 2. The van der Waals surface area contributed by atoms with E-state index in [0.717, 1.165) is 23.8 Å². The molecule has 0 aliphatic rings. The summed E-state index contributed by atoms with van der Waals surface area (Å²) in [6.07, 6.45) is 1.90. The molecule has 6 nitrogen and oxygen atoms in total. The molecule has 0 unspecified atom stereocenters. The first-order valence-corrected chi connectivity index (χ1v) is 8.07. The van der Waals surface area contributed by atoms with Crippen molar-refractivity contribution >= 4 is 17.7 Å². The first kappa shape index (κ1) is 17.0. The van der Waals surface area contributed by atoms with E-state index in [0.29, 0.717) is 12.3 Å². The minimum Gasteiger partial charge on any atom is -0.353 e. The molecule has 20 heavy (non-hydrogen) atoms. The Morgan fingerprint density at radius 1 is 1.35 bits per heavy atom. The molecule has 1 heterocycles. The lowest BCUT2D eigenvalue weighted by atomic mass is 10.2. The lowest BCUT2D eigenvalue weighted by Crippen LogP contribution is -2.35. The second kappa shape index (κ2) is 8.26. The third-order valence-electron chi connectivity index (χ3n) is 3.12. The standard InChI is InChI=1S/C13H25N5OS/c1-5-10(6-2)15-12(19)8-20-13-17-16-11(7-14)18(13)9(3)4/h9-10H,5-8,14H2,1-4H3,(H,15,19). The summed E-state index contributed by atoms with van der Waals surface area (Å²) in [5.74, 6) is 1.14. The predicted octanol–water partition coefficient (Wildman–Crippen LogP) is 1.71. The fraction of sp³-hybridized carbons (Fsp3) is 0.769. The van der Waals surface area contributed by atoms with E-state index in [-0.39, 0.29) is 18.0 Å². The van der Waals surface area contributed by atoms with Crippen LogP contribution in [0.2, 0.25) is 0 Å². The quantitative estimate of drug-likeness (QED) is 0.714. The van der Waals surface area contributed by atoms with Gasteiger partial charge in [0.2, 0.25) is 5.91 Å². The van der Waals surface area contributed by atoms with E-state index in [4.69, 9.17) is 5.73 Å². The number of thioether (sulfide) groups is 1. The van der Waals surface area contributed by atoms with Crippen LogP contribution < -0.4 is 11.1 Å². The maximum Gasteiger partial charge on any atom is 0.230 e. The molecule has 3 N–H and O–H groups in total. The van der Waals surface area contributed by atoms with Crippen LogP contribution in [0.1, 0.15) is 52.4 Å². The first-order valence-electron chi connectivity index (χ1n) is 7.09. The smallest absolute Gasteiger partial charge is 0.230 e. The van der Waals surface area contributed by atoms with Crippen LogP contribution in [0.15, 0.2) is 5.16 Å². The monoisotopic (exact) mass is 299 g/mol. The summed E-state index contributed by atoms with van der Waals surface area (Å²) >= 11 is 1.40. The van der Waals surface area contributed by atoms with E-state index in [1.165, 1.54) is 11.8 Å². The van der Waals surface area contributed by atoms with Gasteiger partial charge in [-0.05, 0) is 26.7 Å². The Morgan fingerprint density at radius 3 is 2.50 bits per heavy atom. The molecule has 1 aromatic heterocycles. The number of amides is 1. The highest BCUT2D eigenvalue weighted by atomic mass is 32.2. The number of carbonyl (C=O) groups is 1. The maximum atomic E-state index is 11.9. The van der Waals surface area contributed by atoms with Gasteiger partial charge in [-0.3, -0.25) is 4.79 Å². The Kier molecular flexibility index (Phi) is 7.01. The number of hydrogen-bond acceptors (Lipinski definition) is 5. The topological polar surface area (TPSA) is 85.8 Å². The van der Waals surface area contributed by atoms with Gasteiger partial charge in [0.1, 0.15) is 5.82 Å². The lowest BCUT2D eigenvalue weighted by Gasteiger charge is -2.15. The van der Waals surface area contributed by atoms with Crippen molar-refractivity contribution in [2.75, 3.05) is 5.75 Å². The van der Waals surface area contributed by atoms with Gasteiger partial charge in [-0.25, -0.2) is 0 Å². The molecule has 1 rings (SSSR count). The summed E-state index contributed by atoms with van der Waals surface area (Å²) in [6, 6.07) is 0.485. The van der Waals surface area contributed by atoms with Crippen LogP contribution in [-0.2, 0) is 11.3 Å². The largest absolute Gasteiger partial charge is 0.353 e. The van der Waals surface area contributed by atoms with E-state index < -0.39 is 0 Å². The molecule has 0 bridgehead atoms. The summed E-state index contributed by atoms with van der Waals surface area (Å²) in [5.41, 5.74) is 5.65. The van der Waals surface area contributed by atoms with E-state index in [1.54, 1.807) is 0 Å². The fourth-order valence-corrected chi connectivity index (χ4v) is 2.85. The van der Waals surface area contributed by atoms with Gasteiger partial charge in [0.05, 0.1) is 12.3 Å². The fourth-order valence-electron chi connectivity index (χ4n) is 1.96. The van der Waals surface area contributed by atoms with Gasteiger partial charge in [-0.1, -0.05) is 25.6 Å². The zero-order valence-corrected chi connectivity index (χ0v) is 13.5. The summed E-state index contributed by atoms with van der Waals surface area (Å²) in [4.78, 5) is 11.9. The molecule has 0 aromatic carbocycles. The van der Waals surface area contributed by atoms with E-state index in [9.17, 15) is 4.79 Å². The van der Waals surface area contributed by atoms with Crippen molar-refractivity contribution in [3.8, 4) is 0 Å². The van der Waals surface area contributed by atoms with Crippen molar-refractivity contribution in [1.29, 1.82) is 0 Å². The minimum atomic E-state index is 0.0382. The van der Waals surface area contributed by atoms with Crippen LogP contribution in [0.4, 0.5) is 0 Å². The molecule has 114 valence electrons. The van der Waals surface area contributed by atoms with Gasteiger partial charge in [0.15, 0.2) is 5.16 Å². The van der Waals surface area contributed by atoms with Crippen molar-refractivity contribution in [2.45, 2.75) is 64.3 Å². The number of carbonyl (C=O) groups excluding carboxylic acids is 1. The van der Waals surface area contributed by atoms with Crippen LogP contribution in [0.3, 0.4) is 0 Å². The number of rotatable bonds is 8. The van der Waals surface area contributed by atoms with Crippen LogP contribution in [0.5, 0.6) is 0 Å². The number of nitrogens with zero attached hydrogens (tertiary/aromatic N) is 3. The van der Waals surface area contributed by atoms with Gasteiger partial charge in [0.25, 0.3) is 0 Å². The highest BCUT2D eigenvalue weighted by Crippen LogP contribution is 2.21. The Hall–Kier alpha value is -1.08. The Balaban J connectivity index is 2.61. The molecule has 0 radical (unpaired) electrons. The zero-order chi connectivity index (χ0) is 15.1. The number of nitrogens with two attached hydrogens (primary N) is 1. The molecule has 0 spiro atoms. The molecule has 0 aliphatic heterocycles. The SMILES string of the molecule is CCC(CC)NC(=O)CSc1nnc(CN)n1C(C)C. The summed E-state index contributed by atoms with van der Waals surface area (Å²) < 4.78 is 1.98. The van der Waals surface area contributed by atoms with Crippen LogP contribution in [0, 0.1) is 0 Å². The predicted molar refractivity (Wildman–Crippen MR) is 81.5 cm³/mol. The summed E-state index contributed by atoms with van der Waals surface area (Å²) in [6.45, 7) is 8.61. The molecule has 0 fully saturated rings. The van der Waals surface area contributed by atoms with E-state index >= 15 is 0 Å². The second-order valence-corrected chi connectivity index (χ2v) is 5.88. The second-order valence-electron chi connectivity index (χ2n) is 4.94. The molecule has 0 saturated heterocycles. The van der Waals surface area contributed by atoms with Gasteiger partial charge in [-0.15, -0.1) is 10.2 Å². The Labute approximate surface area is 124 Å². The van der Waals surface area contributed by atoms with E-state index in [1.807, 2.05) is 4.57 Å². The molecule has 0 aliphatic carbocycles. The van der Waals surface area contributed by atoms with Crippen molar-refractivity contribution in [2.24, 2.45) is 5.73 Å². The molecule has 0 atom stereocenters. The van der Waals surface area contributed by atoms with Crippen molar-refractivity contribution in [3.63, 3.8) is 0 Å². The average molecular weight is 299 g/mol. The summed E-state index contributed by atoms with van der Waals surface area (Å²) in [5, 5.41) is 11.9. The Morgan fingerprint density at radius 2 is 2.00 bits per heavy atom. The number of nitrogens with one attached hydrogen (secondary N) is 1. The zero-order valence-electron chi connectivity index (χ0n) is 12.7. The van der Waals surface area contributed by atoms with Gasteiger partial charge in [0, 0.05) is 12.1 Å². The van der Waals surface area contributed by atoms with Gasteiger partial charge < -0.3 is 15.6 Å². The van der Waals surface area contributed by atoms with Crippen molar-refractivity contribution in [3.05, 3.63) is 5.82 Å². The van der Waals surface area contributed by atoms with Crippen LogP contribution >= 0.6 is 11.8 Å². The Bertz CT molecular complexity index is 428. The van der Waals surface area contributed by atoms with Crippen LogP contribution in [0.25, 0.3) is 0 Å². The maximum absolute atomic E-state index is 11.9. The lowest BCUT2D eigenvalue weighted by molar-refractivity contribution is -0.119. The van der Waals surface area contributed by atoms with Gasteiger partial charge >= 0.3 is 0 Å². The molecule has 1 aromatic rings. The van der Waals surface area contributed by atoms with Gasteiger partial charge in [-0.2, -0.15) is 0 Å². The molecule has 1 amide bonds. The molecule has 0 saturated carbocycles. The average Bonchev–Trinajstić information content (AvgIpc) is 2.85. The highest BCUT2D eigenvalue weighted by Gasteiger charge is 2.16. The third kappa shape index (κ3) is 4.49. The number of aromatic nitrogens is 3. The third-order valence-corrected chi connectivity index (χ3v) is 4.06. The first-order chi connectivity index (χ1) is 9.53. The highest BCUT2D eigenvalue weighted by molar-refractivity contribution is 7.99. The van der Waals surface area contributed by atoms with Crippen molar-refractivity contribution < 1.29 is 4.79 Å². The normalized spacial score (nSPS) is 11.3. The molecular weight excluding hydrogens is 274 g/mol. The van der Waals surface area contributed by atoms with Crippen molar-refractivity contribution in [1.82, 2.24) is 20.1 Å². The van der Waals surface area contributed by atoms with Crippen LogP contribution in [-0.4, -0.2) is 32.5 Å². The summed E-state index contributed by atoms with van der Waals surface area (Å²) in [7, 11) is 0. The molecule has 7 heteroatoms. The minimum absolute atomic E-state index is 0.0382.